The molecule has 0 aliphatic carbocycles. The molecule has 1 fully saturated rings. The van der Waals surface area contributed by atoms with Crippen LogP contribution in [0.4, 0.5) is 4.79 Å². The van der Waals surface area contributed by atoms with E-state index in [0.29, 0.717) is 25.6 Å². The first-order chi connectivity index (χ1) is 8.16. The van der Waals surface area contributed by atoms with Crippen LogP contribution in [0.15, 0.2) is 30.3 Å². The predicted octanol–water partition coefficient (Wildman–Crippen LogP) is 2.02. The molecule has 1 saturated heterocycles. The van der Waals surface area contributed by atoms with Crippen LogP contribution in [0.5, 0.6) is 0 Å². The Morgan fingerprint density at radius 3 is 2.61 bits per heavy atom. The molecule has 0 aromatic heterocycles. The van der Waals surface area contributed by atoms with Gasteiger partial charge in [0.25, 0.3) is 0 Å². The maximum Gasteiger partial charge on any atom is 0.410 e. The van der Waals surface area contributed by atoms with E-state index in [4.69, 9.17) is 10.5 Å². The second kappa shape index (κ2) is 6.61. The van der Waals surface area contributed by atoms with Gasteiger partial charge in [-0.2, -0.15) is 0 Å². The number of carbonyl (C=O) groups excluding carboxylic acids is 1. The molecule has 100 valence electrons. The van der Waals surface area contributed by atoms with Gasteiger partial charge < -0.3 is 15.4 Å². The van der Waals surface area contributed by atoms with E-state index >= 15 is 0 Å². The van der Waals surface area contributed by atoms with E-state index in [2.05, 4.69) is 6.92 Å². The molecule has 0 saturated carbocycles. The summed E-state index contributed by atoms with van der Waals surface area (Å²) in [6.07, 6.45) is -0.270. The molecule has 1 aromatic carbocycles. The fourth-order valence-electron chi connectivity index (χ4n) is 1.95. The number of likely N-dealkylation sites (tertiary alicyclic amines) is 1. The Kier molecular flexibility index (Phi) is 5.44. The third-order valence-corrected chi connectivity index (χ3v) is 3.13. The molecule has 5 heteroatoms. The van der Waals surface area contributed by atoms with Crippen molar-refractivity contribution in [2.45, 2.75) is 19.6 Å². The molecule has 4 nitrogen and oxygen atoms in total. The number of rotatable bonds is 2. The standard InChI is InChI=1S/C13H18N2O2.ClH/c1-10-7-15(8-12(10)14)13(16)17-9-11-5-3-2-4-6-11;/h2-6,10,12H,7-9,14H2,1H3;1H. The van der Waals surface area contributed by atoms with E-state index in [1.54, 1.807) is 4.90 Å². The maximum atomic E-state index is 11.8. The molecule has 1 heterocycles. The molecular formula is C13H19ClN2O2. The van der Waals surface area contributed by atoms with Gasteiger partial charge in [0, 0.05) is 19.1 Å². The van der Waals surface area contributed by atoms with Crippen LogP contribution in [-0.2, 0) is 11.3 Å². The van der Waals surface area contributed by atoms with Gasteiger partial charge in [-0.05, 0) is 11.5 Å². The quantitative estimate of drug-likeness (QED) is 0.895. The molecule has 18 heavy (non-hydrogen) atoms. The lowest BCUT2D eigenvalue weighted by molar-refractivity contribution is 0.103. The summed E-state index contributed by atoms with van der Waals surface area (Å²) in [6, 6.07) is 9.73. The largest absolute Gasteiger partial charge is 0.445 e. The van der Waals surface area contributed by atoms with Gasteiger partial charge in [-0.3, -0.25) is 0 Å². The lowest BCUT2D eigenvalue weighted by atomic mass is 10.1. The number of nitrogens with two attached hydrogens (primary N) is 1. The molecule has 2 rings (SSSR count). The van der Waals surface area contributed by atoms with Crippen molar-refractivity contribution in [2.24, 2.45) is 11.7 Å². The van der Waals surface area contributed by atoms with Crippen molar-refractivity contribution in [1.29, 1.82) is 0 Å². The van der Waals surface area contributed by atoms with E-state index in [0.717, 1.165) is 5.56 Å². The van der Waals surface area contributed by atoms with E-state index in [-0.39, 0.29) is 24.5 Å². The van der Waals surface area contributed by atoms with Crippen LogP contribution in [0.2, 0.25) is 0 Å². The highest BCUT2D eigenvalue weighted by atomic mass is 35.5. The van der Waals surface area contributed by atoms with Gasteiger partial charge in [0.15, 0.2) is 0 Å². The summed E-state index contributed by atoms with van der Waals surface area (Å²) in [5, 5.41) is 0. The smallest absolute Gasteiger partial charge is 0.410 e. The molecule has 2 unspecified atom stereocenters. The number of ether oxygens (including phenoxy) is 1. The van der Waals surface area contributed by atoms with Gasteiger partial charge in [0.2, 0.25) is 0 Å². The van der Waals surface area contributed by atoms with Crippen LogP contribution < -0.4 is 5.73 Å². The SMILES string of the molecule is CC1CN(C(=O)OCc2ccccc2)CC1N.Cl. The number of nitrogens with zero attached hydrogens (tertiary/aromatic N) is 1. The Morgan fingerprint density at radius 1 is 1.39 bits per heavy atom. The lowest BCUT2D eigenvalue weighted by Crippen LogP contribution is -2.32. The average Bonchev–Trinajstić information content (AvgIpc) is 2.68. The summed E-state index contributed by atoms with van der Waals surface area (Å²) in [4.78, 5) is 13.4. The molecule has 2 atom stereocenters. The fourth-order valence-corrected chi connectivity index (χ4v) is 1.95. The first-order valence-electron chi connectivity index (χ1n) is 5.88. The van der Waals surface area contributed by atoms with Crippen molar-refractivity contribution in [3.63, 3.8) is 0 Å². The highest BCUT2D eigenvalue weighted by Crippen LogP contribution is 2.15. The molecule has 1 aromatic rings. The second-order valence-corrected chi connectivity index (χ2v) is 4.59. The van der Waals surface area contributed by atoms with Crippen LogP contribution in [-0.4, -0.2) is 30.1 Å². The van der Waals surface area contributed by atoms with Crippen molar-refractivity contribution in [3.8, 4) is 0 Å². The number of hydrogen-bond acceptors (Lipinski definition) is 3. The Labute approximate surface area is 114 Å². The number of benzene rings is 1. The molecule has 0 spiro atoms. The lowest BCUT2D eigenvalue weighted by Gasteiger charge is -2.15. The summed E-state index contributed by atoms with van der Waals surface area (Å²) in [5.74, 6) is 0.347. The van der Waals surface area contributed by atoms with Gasteiger partial charge in [-0.1, -0.05) is 37.3 Å². The van der Waals surface area contributed by atoms with Crippen LogP contribution in [0.25, 0.3) is 0 Å². The maximum absolute atomic E-state index is 11.8. The highest BCUT2D eigenvalue weighted by Gasteiger charge is 2.30. The van der Waals surface area contributed by atoms with Crippen molar-refractivity contribution < 1.29 is 9.53 Å². The zero-order valence-corrected chi connectivity index (χ0v) is 11.2. The van der Waals surface area contributed by atoms with Crippen LogP contribution in [0, 0.1) is 5.92 Å². The number of hydrogen-bond donors (Lipinski definition) is 1. The molecule has 2 N–H and O–H groups in total. The van der Waals surface area contributed by atoms with Crippen molar-refractivity contribution in [1.82, 2.24) is 4.90 Å². The summed E-state index contributed by atoms with van der Waals surface area (Å²) in [6.45, 7) is 3.65. The van der Waals surface area contributed by atoms with Crippen molar-refractivity contribution in [3.05, 3.63) is 35.9 Å². The Morgan fingerprint density at radius 2 is 2.06 bits per heavy atom. The van der Waals surface area contributed by atoms with Gasteiger partial charge in [-0.25, -0.2) is 4.79 Å². The van der Waals surface area contributed by atoms with Crippen LogP contribution in [0.1, 0.15) is 12.5 Å². The van der Waals surface area contributed by atoms with E-state index < -0.39 is 0 Å². The van der Waals surface area contributed by atoms with Gasteiger partial charge in [0.05, 0.1) is 0 Å². The fraction of sp³-hybridized carbons (Fsp3) is 0.462. The number of amides is 1. The predicted molar refractivity (Wildman–Crippen MR) is 72.6 cm³/mol. The first kappa shape index (κ1) is 14.8. The Balaban J connectivity index is 0.00000162. The topological polar surface area (TPSA) is 55.6 Å². The third-order valence-electron chi connectivity index (χ3n) is 3.13. The van der Waals surface area contributed by atoms with E-state index in [1.165, 1.54) is 0 Å². The summed E-state index contributed by atoms with van der Waals surface area (Å²) >= 11 is 0. The normalized spacial score (nSPS) is 22.4. The monoisotopic (exact) mass is 270 g/mol. The number of halogens is 1. The third kappa shape index (κ3) is 3.62. The molecule has 0 radical (unpaired) electrons. The van der Waals surface area contributed by atoms with Gasteiger partial charge in [-0.15, -0.1) is 12.4 Å². The van der Waals surface area contributed by atoms with Crippen LogP contribution in [0.3, 0.4) is 0 Å². The zero-order chi connectivity index (χ0) is 12.3. The molecule has 1 aliphatic heterocycles. The average molecular weight is 271 g/mol. The molecule has 1 amide bonds. The van der Waals surface area contributed by atoms with E-state index in [1.807, 2.05) is 30.3 Å². The Hall–Kier alpha value is -1.26. The van der Waals surface area contributed by atoms with Crippen LogP contribution >= 0.6 is 12.4 Å². The van der Waals surface area contributed by atoms with Crippen molar-refractivity contribution in [2.75, 3.05) is 13.1 Å². The molecule has 0 bridgehead atoms. The minimum Gasteiger partial charge on any atom is -0.445 e. The minimum absolute atomic E-state index is 0. The Bertz CT molecular complexity index is 376. The summed E-state index contributed by atoms with van der Waals surface area (Å²) < 4.78 is 5.24. The van der Waals surface area contributed by atoms with Crippen molar-refractivity contribution >= 4 is 18.5 Å². The van der Waals surface area contributed by atoms with E-state index in [9.17, 15) is 4.79 Å². The van der Waals surface area contributed by atoms with Gasteiger partial charge in [0.1, 0.15) is 6.61 Å². The summed E-state index contributed by atoms with van der Waals surface area (Å²) in [5.41, 5.74) is 6.86. The summed E-state index contributed by atoms with van der Waals surface area (Å²) in [7, 11) is 0. The first-order valence-corrected chi connectivity index (χ1v) is 5.88. The highest BCUT2D eigenvalue weighted by molar-refractivity contribution is 5.85. The second-order valence-electron chi connectivity index (χ2n) is 4.59. The molecular weight excluding hydrogens is 252 g/mol. The zero-order valence-electron chi connectivity index (χ0n) is 10.4. The number of carbonyl (C=O) groups is 1. The van der Waals surface area contributed by atoms with Gasteiger partial charge >= 0.3 is 6.09 Å². The minimum atomic E-state index is -0.270. The molecule has 1 aliphatic rings.